The van der Waals surface area contributed by atoms with Gasteiger partial charge in [-0.2, -0.15) is 0 Å². The lowest BCUT2D eigenvalue weighted by Crippen LogP contribution is -2.29. The summed E-state index contributed by atoms with van der Waals surface area (Å²) in [6, 6.07) is 20.7. The van der Waals surface area contributed by atoms with E-state index in [0.717, 1.165) is 16.5 Å². The van der Waals surface area contributed by atoms with Crippen LogP contribution in [-0.4, -0.2) is 17.4 Å². The van der Waals surface area contributed by atoms with Gasteiger partial charge in [0.1, 0.15) is 29.3 Å². The van der Waals surface area contributed by atoms with Gasteiger partial charge >= 0.3 is 5.63 Å². The third kappa shape index (κ3) is 4.41. The second kappa shape index (κ2) is 9.23. The van der Waals surface area contributed by atoms with Gasteiger partial charge in [-0.1, -0.05) is 36.4 Å². The normalized spacial score (nSPS) is 11.1. The van der Waals surface area contributed by atoms with Crippen molar-refractivity contribution in [1.82, 2.24) is 10.3 Å². The highest BCUT2D eigenvalue weighted by Gasteiger charge is 2.14. The summed E-state index contributed by atoms with van der Waals surface area (Å²) in [7, 11) is 0. The van der Waals surface area contributed by atoms with E-state index >= 15 is 0 Å². The number of aromatic amines is 1. The predicted molar refractivity (Wildman–Crippen MR) is 128 cm³/mol. The second-order valence-corrected chi connectivity index (χ2v) is 7.89. The van der Waals surface area contributed by atoms with Crippen LogP contribution < -0.4 is 15.7 Å². The van der Waals surface area contributed by atoms with E-state index in [1.807, 2.05) is 30.5 Å². The van der Waals surface area contributed by atoms with Gasteiger partial charge in [-0.05, 0) is 42.3 Å². The van der Waals surface area contributed by atoms with E-state index in [9.17, 15) is 14.0 Å². The van der Waals surface area contributed by atoms with Crippen LogP contribution in [0.3, 0.4) is 0 Å². The van der Waals surface area contributed by atoms with Crippen molar-refractivity contribution in [2.75, 3.05) is 6.54 Å². The minimum atomic E-state index is -0.733. The molecule has 0 aliphatic rings. The summed E-state index contributed by atoms with van der Waals surface area (Å²) in [4.78, 5) is 28.3. The van der Waals surface area contributed by atoms with Gasteiger partial charge < -0.3 is 19.5 Å². The molecular weight excluding hydrogens is 435 g/mol. The molecule has 6 nitrogen and oxygen atoms in total. The summed E-state index contributed by atoms with van der Waals surface area (Å²) in [5.74, 6) is -0.416. The van der Waals surface area contributed by atoms with Gasteiger partial charge in [0.05, 0.1) is 0 Å². The van der Waals surface area contributed by atoms with Crippen molar-refractivity contribution in [2.45, 2.75) is 13.0 Å². The van der Waals surface area contributed by atoms with E-state index in [-0.39, 0.29) is 23.6 Å². The van der Waals surface area contributed by atoms with Crippen molar-refractivity contribution in [3.63, 3.8) is 0 Å². The second-order valence-electron chi connectivity index (χ2n) is 7.89. The van der Waals surface area contributed by atoms with Crippen molar-refractivity contribution in [2.24, 2.45) is 0 Å². The van der Waals surface area contributed by atoms with Crippen LogP contribution in [0.15, 0.2) is 88.2 Å². The average Bonchev–Trinajstić information content (AvgIpc) is 3.26. The van der Waals surface area contributed by atoms with E-state index in [4.69, 9.17) is 9.15 Å². The van der Waals surface area contributed by atoms with Gasteiger partial charge in [0, 0.05) is 40.7 Å². The number of para-hydroxylation sites is 1. The quantitative estimate of drug-likeness (QED) is 0.339. The number of aromatic nitrogens is 1. The van der Waals surface area contributed by atoms with Crippen LogP contribution in [0.5, 0.6) is 5.75 Å². The number of rotatable bonds is 7. The molecule has 170 valence electrons. The standard InChI is InChI=1S/C27H21FN2O4/c28-23-7-3-1-5-19(23)16-33-20-10-9-17-13-22(27(32)34-25(17)14-20)26(31)29-12-11-18-15-30-24-8-4-2-6-21(18)24/h1-10,13-15,30H,11-12,16H2,(H,29,31). The number of carbonyl (C=O) groups excluding carboxylic acids is 1. The maximum atomic E-state index is 13.8. The lowest BCUT2D eigenvalue weighted by atomic mass is 10.1. The lowest BCUT2D eigenvalue weighted by molar-refractivity contribution is 0.0950. The molecule has 0 saturated carbocycles. The van der Waals surface area contributed by atoms with Crippen molar-refractivity contribution in [3.8, 4) is 5.75 Å². The van der Waals surface area contributed by atoms with E-state index in [1.54, 1.807) is 36.4 Å². The lowest BCUT2D eigenvalue weighted by Gasteiger charge is -2.08. The number of ether oxygens (including phenoxy) is 1. The first-order valence-corrected chi connectivity index (χ1v) is 10.9. The molecule has 0 bridgehead atoms. The van der Waals surface area contributed by atoms with Crippen LogP contribution in [0.1, 0.15) is 21.5 Å². The molecule has 0 spiro atoms. The Hall–Kier alpha value is -4.39. The minimum absolute atomic E-state index is 0.0410. The fourth-order valence-electron chi connectivity index (χ4n) is 3.86. The van der Waals surface area contributed by atoms with E-state index < -0.39 is 11.5 Å². The van der Waals surface area contributed by atoms with Gasteiger partial charge in [0.2, 0.25) is 0 Å². The summed E-state index contributed by atoms with van der Waals surface area (Å²) in [6.07, 6.45) is 2.55. The molecule has 7 heteroatoms. The highest BCUT2D eigenvalue weighted by Crippen LogP contribution is 2.22. The molecule has 0 unspecified atom stereocenters. The van der Waals surface area contributed by atoms with Crippen LogP contribution in [0, 0.1) is 5.82 Å². The molecule has 3 aromatic carbocycles. The van der Waals surface area contributed by atoms with Crippen LogP contribution in [-0.2, 0) is 13.0 Å². The number of nitrogens with one attached hydrogen (secondary N) is 2. The molecule has 2 aromatic heterocycles. The molecule has 0 fully saturated rings. The smallest absolute Gasteiger partial charge is 0.349 e. The Morgan fingerprint density at radius 1 is 1.00 bits per heavy atom. The Bertz CT molecular complexity index is 1550. The third-order valence-electron chi connectivity index (χ3n) is 5.66. The van der Waals surface area contributed by atoms with Gasteiger partial charge in [0.15, 0.2) is 0 Å². The summed E-state index contributed by atoms with van der Waals surface area (Å²) in [5.41, 5.74) is 2.03. The minimum Gasteiger partial charge on any atom is -0.489 e. The number of halogens is 1. The average molecular weight is 456 g/mol. The molecule has 0 atom stereocenters. The van der Waals surface area contributed by atoms with Crippen molar-refractivity contribution < 1.29 is 18.3 Å². The zero-order valence-electron chi connectivity index (χ0n) is 18.1. The molecule has 2 N–H and O–H groups in total. The van der Waals surface area contributed by atoms with E-state index in [0.29, 0.717) is 29.7 Å². The maximum Gasteiger partial charge on any atom is 0.349 e. The zero-order chi connectivity index (χ0) is 23.5. The highest BCUT2D eigenvalue weighted by atomic mass is 19.1. The number of carbonyl (C=O) groups is 1. The number of H-pyrrole nitrogens is 1. The Balaban J connectivity index is 1.26. The Morgan fingerprint density at radius 2 is 1.82 bits per heavy atom. The Morgan fingerprint density at radius 3 is 2.71 bits per heavy atom. The summed E-state index contributed by atoms with van der Waals surface area (Å²) in [6.45, 7) is 0.417. The van der Waals surface area contributed by atoms with Crippen LogP contribution in [0.2, 0.25) is 0 Å². The highest BCUT2D eigenvalue weighted by molar-refractivity contribution is 5.96. The molecule has 2 heterocycles. The first kappa shape index (κ1) is 21.5. The molecule has 5 rings (SSSR count). The topological polar surface area (TPSA) is 84.3 Å². The third-order valence-corrected chi connectivity index (χ3v) is 5.66. The summed E-state index contributed by atoms with van der Waals surface area (Å²) in [5, 5.41) is 4.48. The first-order valence-electron chi connectivity index (χ1n) is 10.9. The molecule has 5 aromatic rings. The number of amides is 1. The van der Waals surface area contributed by atoms with E-state index in [2.05, 4.69) is 10.3 Å². The SMILES string of the molecule is O=C(NCCc1c[nH]c2ccccc12)c1cc2ccc(OCc3ccccc3F)cc2oc1=O. The molecule has 0 aliphatic heterocycles. The molecule has 34 heavy (non-hydrogen) atoms. The summed E-state index contributed by atoms with van der Waals surface area (Å²) < 4.78 is 24.8. The fraction of sp³-hybridized carbons (Fsp3) is 0.111. The van der Waals surface area contributed by atoms with Gasteiger partial charge in [-0.3, -0.25) is 4.79 Å². The van der Waals surface area contributed by atoms with Crippen LogP contribution in [0.4, 0.5) is 4.39 Å². The van der Waals surface area contributed by atoms with E-state index in [1.165, 1.54) is 12.1 Å². The molecule has 0 aliphatic carbocycles. The number of hydrogen-bond acceptors (Lipinski definition) is 4. The molecule has 0 radical (unpaired) electrons. The fourth-order valence-corrected chi connectivity index (χ4v) is 3.86. The summed E-state index contributed by atoms with van der Waals surface area (Å²) >= 11 is 0. The first-order chi connectivity index (χ1) is 16.6. The van der Waals surface area contributed by atoms with Gasteiger partial charge in [0.25, 0.3) is 5.91 Å². The monoisotopic (exact) mass is 456 g/mol. The zero-order valence-corrected chi connectivity index (χ0v) is 18.1. The molecule has 1 amide bonds. The van der Waals surface area contributed by atoms with Crippen molar-refractivity contribution >= 4 is 27.8 Å². The predicted octanol–water partition coefficient (Wildman–Crippen LogP) is 4.96. The number of fused-ring (bicyclic) bond motifs is 2. The van der Waals surface area contributed by atoms with Crippen LogP contribution >= 0.6 is 0 Å². The number of benzene rings is 3. The number of hydrogen-bond donors (Lipinski definition) is 2. The Kier molecular flexibility index (Phi) is 5.82. The van der Waals surface area contributed by atoms with Crippen molar-refractivity contribution in [3.05, 3.63) is 112 Å². The van der Waals surface area contributed by atoms with Gasteiger partial charge in [-0.15, -0.1) is 0 Å². The Labute approximate surface area is 194 Å². The maximum absolute atomic E-state index is 13.8. The van der Waals surface area contributed by atoms with Gasteiger partial charge in [-0.25, -0.2) is 9.18 Å². The molecular formula is C27H21FN2O4. The largest absolute Gasteiger partial charge is 0.489 e. The van der Waals surface area contributed by atoms with Crippen LogP contribution in [0.25, 0.3) is 21.9 Å². The van der Waals surface area contributed by atoms with Crippen molar-refractivity contribution in [1.29, 1.82) is 0 Å². The molecule has 0 saturated heterocycles.